The third-order valence-corrected chi connectivity index (χ3v) is 4.57. The van der Waals surface area contributed by atoms with Gasteiger partial charge in [0.1, 0.15) is 0 Å². The quantitative estimate of drug-likeness (QED) is 0.801. The Hall–Kier alpha value is -2.14. The highest BCUT2D eigenvalue weighted by molar-refractivity contribution is 6.01. The van der Waals surface area contributed by atoms with Crippen molar-refractivity contribution in [3.8, 4) is 0 Å². The average Bonchev–Trinajstić information content (AvgIpc) is 2.56. The number of benzene rings is 1. The minimum atomic E-state index is -0.175. The molecule has 1 fully saturated rings. The first-order chi connectivity index (χ1) is 10.8. The Balaban J connectivity index is 2.14. The number of carbonyl (C=O) groups excluding carboxylic acids is 2. The highest BCUT2D eigenvalue weighted by Crippen LogP contribution is 2.19. The van der Waals surface area contributed by atoms with E-state index in [1.807, 2.05) is 4.90 Å². The molecule has 0 N–H and O–H groups in total. The number of carbonyl (C=O) groups is 2. The zero-order chi connectivity index (χ0) is 17.1. The summed E-state index contributed by atoms with van der Waals surface area (Å²) in [6, 6.07) is 7.68. The summed E-state index contributed by atoms with van der Waals surface area (Å²) in [7, 11) is 3.77. The fraction of sp³-hybridized carbons (Fsp3) is 0.444. The molecule has 0 spiro atoms. The summed E-state index contributed by atoms with van der Waals surface area (Å²) in [5.74, 6) is -0.132. The smallest absolute Gasteiger partial charge is 0.254 e. The SMILES string of the molecule is C=CC(=O)N(C)c1ccc(C(=O)N2C[C@@H](C)N(C)C[C@@H]2C)cc1. The predicted molar refractivity (Wildman–Crippen MR) is 92.6 cm³/mol. The summed E-state index contributed by atoms with van der Waals surface area (Å²) >= 11 is 0. The lowest BCUT2D eigenvalue weighted by atomic mass is 10.1. The van der Waals surface area contributed by atoms with Gasteiger partial charge >= 0.3 is 0 Å². The van der Waals surface area contributed by atoms with Crippen LogP contribution in [0.15, 0.2) is 36.9 Å². The zero-order valence-electron chi connectivity index (χ0n) is 14.3. The number of piperazine rings is 1. The van der Waals surface area contributed by atoms with E-state index in [2.05, 4.69) is 32.4 Å². The van der Waals surface area contributed by atoms with Crippen LogP contribution in [0.5, 0.6) is 0 Å². The van der Waals surface area contributed by atoms with Gasteiger partial charge in [-0.15, -0.1) is 0 Å². The second kappa shape index (κ2) is 6.96. The molecule has 0 aromatic heterocycles. The largest absolute Gasteiger partial charge is 0.333 e. The minimum absolute atomic E-state index is 0.0432. The van der Waals surface area contributed by atoms with E-state index in [1.165, 1.54) is 11.0 Å². The van der Waals surface area contributed by atoms with Crippen molar-refractivity contribution in [2.45, 2.75) is 25.9 Å². The number of amides is 2. The van der Waals surface area contributed by atoms with E-state index >= 15 is 0 Å². The minimum Gasteiger partial charge on any atom is -0.333 e. The highest BCUT2D eigenvalue weighted by atomic mass is 16.2. The molecule has 2 atom stereocenters. The van der Waals surface area contributed by atoms with Crippen LogP contribution < -0.4 is 4.90 Å². The van der Waals surface area contributed by atoms with Crippen LogP contribution in [-0.4, -0.2) is 60.9 Å². The van der Waals surface area contributed by atoms with E-state index in [4.69, 9.17) is 0 Å². The summed E-state index contributed by atoms with van der Waals surface area (Å²) < 4.78 is 0. The fourth-order valence-electron chi connectivity index (χ4n) is 2.84. The maximum absolute atomic E-state index is 12.7. The van der Waals surface area contributed by atoms with Crippen molar-refractivity contribution >= 4 is 17.5 Å². The third kappa shape index (κ3) is 3.62. The number of hydrogen-bond acceptors (Lipinski definition) is 3. The molecule has 0 aliphatic carbocycles. The van der Waals surface area contributed by atoms with Gasteiger partial charge < -0.3 is 9.80 Å². The van der Waals surface area contributed by atoms with Gasteiger partial charge in [-0.1, -0.05) is 6.58 Å². The van der Waals surface area contributed by atoms with E-state index in [0.717, 1.165) is 18.8 Å². The van der Waals surface area contributed by atoms with Gasteiger partial charge in [0, 0.05) is 43.5 Å². The average molecular weight is 315 g/mol. The zero-order valence-corrected chi connectivity index (χ0v) is 14.3. The number of hydrogen-bond donors (Lipinski definition) is 0. The monoisotopic (exact) mass is 315 g/mol. The molecule has 124 valence electrons. The lowest BCUT2D eigenvalue weighted by Gasteiger charge is -2.42. The molecule has 0 saturated carbocycles. The van der Waals surface area contributed by atoms with Crippen LogP contribution in [-0.2, 0) is 4.79 Å². The summed E-state index contributed by atoms with van der Waals surface area (Å²) in [5, 5.41) is 0. The van der Waals surface area contributed by atoms with Crippen molar-refractivity contribution in [3.05, 3.63) is 42.5 Å². The lowest BCUT2D eigenvalue weighted by Crippen LogP contribution is -2.56. The molecule has 1 heterocycles. The molecule has 23 heavy (non-hydrogen) atoms. The van der Waals surface area contributed by atoms with Crippen molar-refractivity contribution in [3.63, 3.8) is 0 Å². The first-order valence-electron chi connectivity index (χ1n) is 7.86. The van der Waals surface area contributed by atoms with Crippen LogP contribution in [0.4, 0.5) is 5.69 Å². The van der Waals surface area contributed by atoms with Crippen molar-refractivity contribution in [2.75, 3.05) is 32.1 Å². The molecule has 2 amide bonds. The van der Waals surface area contributed by atoms with Crippen molar-refractivity contribution < 1.29 is 9.59 Å². The molecular formula is C18H25N3O2. The van der Waals surface area contributed by atoms with Crippen LogP contribution in [0, 0.1) is 0 Å². The number of nitrogens with zero attached hydrogens (tertiary/aromatic N) is 3. The van der Waals surface area contributed by atoms with Crippen LogP contribution in [0.25, 0.3) is 0 Å². The van der Waals surface area contributed by atoms with Crippen LogP contribution in [0.2, 0.25) is 0 Å². The molecule has 1 aliphatic heterocycles. The highest BCUT2D eigenvalue weighted by Gasteiger charge is 2.30. The van der Waals surface area contributed by atoms with E-state index in [-0.39, 0.29) is 17.9 Å². The molecule has 1 saturated heterocycles. The van der Waals surface area contributed by atoms with Gasteiger partial charge in [-0.3, -0.25) is 14.5 Å². The number of anilines is 1. The molecule has 5 heteroatoms. The predicted octanol–water partition coefficient (Wildman–Crippen LogP) is 2.00. The van der Waals surface area contributed by atoms with Crippen LogP contribution >= 0.6 is 0 Å². The summed E-state index contributed by atoms with van der Waals surface area (Å²) in [6.07, 6.45) is 1.27. The molecule has 0 unspecified atom stereocenters. The Morgan fingerprint density at radius 2 is 1.78 bits per heavy atom. The van der Waals surface area contributed by atoms with E-state index < -0.39 is 0 Å². The van der Waals surface area contributed by atoms with Crippen molar-refractivity contribution in [2.24, 2.45) is 0 Å². The standard InChI is InChI=1S/C18H25N3O2/c1-6-17(22)20(5)16-9-7-15(8-10-16)18(23)21-12-13(2)19(4)11-14(21)3/h6-10,13-14H,1,11-12H2,2-5H3/t13-,14+/m1/s1. The van der Waals surface area contributed by atoms with Gasteiger partial charge in [0.25, 0.3) is 5.91 Å². The van der Waals surface area contributed by atoms with Crippen LogP contribution in [0.3, 0.4) is 0 Å². The molecule has 2 rings (SSSR count). The molecule has 0 bridgehead atoms. The summed E-state index contributed by atoms with van der Waals surface area (Å²) in [4.78, 5) is 30.1. The molecular weight excluding hydrogens is 290 g/mol. The number of likely N-dealkylation sites (N-methyl/N-ethyl adjacent to an activating group) is 2. The molecule has 1 aliphatic rings. The third-order valence-electron chi connectivity index (χ3n) is 4.57. The Labute approximate surface area is 138 Å². The van der Waals surface area contributed by atoms with Gasteiger partial charge in [-0.05, 0) is 51.2 Å². The van der Waals surface area contributed by atoms with Gasteiger partial charge in [0.05, 0.1) is 0 Å². The molecule has 5 nitrogen and oxygen atoms in total. The van der Waals surface area contributed by atoms with Gasteiger partial charge in [0.15, 0.2) is 0 Å². The Kier molecular flexibility index (Phi) is 5.21. The number of rotatable bonds is 3. The van der Waals surface area contributed by atoms with Crippen molar-refractivity contribution in [1.82, 2.24) is 9.80 Å². The van der Waals surface area contributed by atoms with Gasteiger partial charge in [-0.25, -0.2) is 0 Å². The summed E-state index contributed by atoms with van der Waals surface area (Å²) in [5.41, 5.74) is 1.39. The summed E-state index contributed by atoms with van der Waals surface area (Å²) in [6.45, 7) is 9.29. The second-order valence-electron chi connectivity index (χ2n) is 6.24. The van der Waals surface area contributed by atoms with Gasteiger partial charge in [0.2, 0.25) is 5.91 Å². The first kappa shape index (κ1) is 17.2. The molecule has 1 aromatic rings. The van der Waals surface area contributed by atoms with E-state index in [1.54, 1.807) is 31.3 Å². The Morgan fingerprint density at radius 3 is 2.35 bits per heavy atom. The van der Waals surface area contributed by atoms with E-state index in [0.29, 0.717) is 11.6 Å². The maximum atomic E-state index is 12.7. The fourth-order valence-corrected chi connectivity index (χ4v) is 2.84. The normalized spacial score (nSPS) is 21.8. The Bertz CT molecular complexity index is 597. The Morgan fingerprint density at radius 1 is 1.17 bits per heavy atom. The molecule has 1 aromatic carbocycles. The van der Waals surface area contributed by atoms with E-state index in [9.17, 15) is 9.59 Å². The topological polar surface area (TPSA) is 43.9 Å². The first-order valence-corrected chi connectivity index (χ1v) is 7.86. The van der Waals surface area contributed by atoms with Crippen LogP contribution in [0.1, 0.15) is 24.2 Å². The lowest BCUT2D eigenvalue weighted by molar-refractivity contribution is -0.113. The van der Waals surface area contributed by atoms with Crippen molar-refractivity contribution in [1.29, 1.82) is 0 Å². The van der Waals surface area contributed by atoms with Gasteiger partial charge in [-0.2, -0.15) is 0 Å². The second-order valence-corrected chi connectivity index (χ2v) is 6.24. The maximum Gasteiger partial charge on any atom is 0.254 e. The molecule has 0 radical (unpaired) electrons.